The van der Waals surface area contributed by atoms with E-state index in [9.17, 15) is 9.59 Å². The average molecular weight is 272 g/mol. The second kappa shape index (κ2) is 6.37. The first kappa shape index (κ1) is 16.0. The van der Waals surface area contributed by atoms with Gasteiger partial charge in [-0.05, 0) is 52.4 Å². The van der Waals surface area contributed by atoms with Crippen LogP contribution in [0.5, 0.6) is 0 Å². The molecule has 5 heteroatoms. The van der Waals surface area contributed by atoms with Crippen LogP contribution in [0.25, 0.3) is 0 Å². The third kappa shape index (κ3) is 4.82. The van der Waals surface area contributed by atoms with Crippen LogP contribution >= 0.6 is 0 Å². The predicted molar refractivity (Wildman–Crippen MR) is 70.0 cm³/mol. The lowest BCUT2D eigenvalue weighted by atomic mass is 9.88. The minimum absolute atomic E-state index is 0.464. The number of carboxylic acid groups (broad SMARTS) is 2. The van der Waals surface area contributed by atoms with E-state index in [0.29, 0.717) is 32.5 Å². The molecule has 1 fully saturated rings. The fourth-order valence-electron chi connectivity index (χ4n) is 2.06. The molecule has 2 N–H and O–H groups in total. The van der Waals surface area contributed by atoms with Crippen LogP contribution in [0.2, 0.25) is 0 Å². The zero-order valence-electron chi connectivity index (χ0n) is 11.8. The lowest BCUT2D eigenvalue weighted by molar-refractivity contribution is -0.147. The van der Waals surface area contributed by atoms with Gasteiger partial charge in [0.1, 0.15) is 0 Å². The molecule has 0 aromatic heterocycles. The van der Waals surface area contributed by atoms with Crippen LogP contribution in [0.1, 0.15) is 52.4 Å². The van der Waals surface area contributed by atoms with Crippen LogP contribution in [0.15, 0.2) is 0 Å². The van der Waals surface area contributed by atoms with E-state index in [0.717, 1.165) is 19.3 Å². The summed E-state index contributed by atoms with van der Waals surface area (Å²) in [6.45, 7) is 4.51. The molecule has 0 heterocycles. The number of aliphatic carboxylic acids is 2. The summed E-state index contributed by atoms with van der Waals surface area (Å²) >= 11 is 0. The van der Waals surface area contributed by atoms with Crippen molar-refractivity contribution in [1.29, 1.82) is 0 Å². The van der Waals surface area contributed by atoms with E-state index in [-0.39, 0.29) is 0 Å². The molecule has 0 unspecified atom stereocenters. The number of carboxylic acids is 2. The molecule has 0 amide bonds. The number of carbonyl (C=O) groups is 2. The van der Waals surface area contributed by atoms with E-state index in [2.05, 4.69) is 0 Å². The Morgan fingerprint density at radius 1 is 1.16 bits per heavy atom. The molecular formula is C14H24O5. The highest BCUT2D eigenvalue weighted by Crippen LogP contribution is 2.49. The van der Waals surface area contributed by atoms with Crippen molar-refractivity contribution in [1.82, 2.24) is 0 Å². The SMILES string of the molecule is CC(C)(CCCOCCCC1(C(=O)O)CC1)C(=O)O. The van der Waals surface area contributed by atoms with Crippen LogP contribution in [0, 0.1) is 10.8 Å². The molecule has 110 valence electrons. The summed E-state index contributed by atoms with van der Waals surface area (Å²) in [5, 5.41) is 17.9. The van der Waals surface area contributed by atoms with E-state index < -0.39 is 22.8 Å². The summed E-state index contributed by atoms with van der Waals surface area (Å²) in [5.74, 6) is -1.47. The fraction of sp³-hybridized carbons (Fsp3) is 0.857. The highest BCUT2D eigenvalue weighted by Gasteiger charge is 2.49. The molecule has 0 aliphatic heterocycles. The molecule has 1 rings (SSSR count). The van der Waals surface area contributed by atoms with Gasteiger partial charge in [-0.15, -0.1) is 0 Å². The second-order valence-electron chi connectivity index (χ2n) is 6.09. The first-order valence-corrected chi connectivity index (χ1v) is 6.85. The van der Waals surface area contributed by atoms with Crippen molar-refractivity contribution in [3.05, 3.63) is 0 Å². The van der Waals surface area contributed by atoms with E-state index in [1.807, 2.05) is 0 Å². The molecule has 0 aromatic carbocycles. The van der Waals surface area contributed by atoms with Gasteiger partial charge in [-0.25, -0.2) is 0 Å². The van der Waals surface area contributed by atoms with Gasteiger partial charge in [0.25, 0.3) is 0 Å². The van der Waals surface area contributed by atoms with Gasteiger partial charge in [0.2, 0.25) is 0 Å². The van der Waals surface area contributed by atoms with Crippen molar-refractivity contribution in [2.45, 2.75) is 52.4 Å². The van der Waals surface area contributed by atoms with Crippen LogP contribution in [-0.4, -0.2) is 35.4 Å². The lowest BCUT2D eigenvalue weighted by Gasteiger charge is -2.18. The third-order valence-corrected chi connectivity index (χ3v) is 3.92. The number of ether oxygens (including phenoxy) is 1. The largest absolute Gasteiger partial charge is 0.481 e. The highest BCUT2D eigenvalue weighted by molar-refractivity contribution is 5.77. The van der Waals surface area contributed by atoms with Gasteiger partial charge < -0.3 is 14.9 Å². The Labute approximate surface area is 114 Å². The number of hydrogen-bond donors (Lipinski definition) is 2. The Bertz CT molecular complexity index is 311. The first-order chi connectivity index (χ1) is 8.80. The minimum Gasteiger partial charge on any atom is -0.481 e. The summed E-state index contributed by atoms with van der Waals surface area (Å²) in [6.07, 6.45) is 4.31. The van der Waals surface area contributed by atoms with Gasteiger partial charge in [0.05, 0.1) is 10.8 Å². The Morgan fingerprint density at radius 3 is 2.21 bits per heavy atom. The maximum Gasteiger partial charge on any atom is 0.309 e. The molecule has 0 saturated heterocycles. The Morgan fingerprint density at radius 2 is 1.74 bits per heavy atom. The zero-order chi connectivity index (χ0) is 14.5. The first-order valence-electron chi connectivity index (χ1n) is 6.85. The van der Waals surface area contributed by atoms with E-state index in [1.54, 1.807) is 13.8 Å². The van der Waals surface area contributed by atoms with Crippen molar-refractivity contribution in [3.63, 3.8) is 0 Å². The molecule has 0 spiro atoms. The summed E-state index contributed by atoms with van der Waals surface area (Å²) in [6, 6.07) is 0. The predicted octanol–water partition coefficient (Wildman–Crippen LogP) is 2.54. The van der Waals surface area contributed by atoms with E-state index in [4.69, 9.17) is 14.9 Å². The lowest BCUT2D eigenvalue weighted by Crippen LogP contribution is -2.23. The molecule has 1 aliphatic carbocycles. The standard InChI is InChI=1S/C14H24O5/c1-13(2,11(15)16)5-3-9-19-10-4-6-14(7-8-14)12(17)18/h3-10H2,1-2H3,(H,15,16)(H,17,18). The highest BCUT2D eigenvalue weighted by atomic mass is 16.5. The molecule has 0 aromatic rings. The Kier molecular flexibility index (Phi) is 5.35. The van der Waals surface area contributed by atoms with Crippen molar-refractivity contribution < 1.29 is 24.5 Å². The molecule has 0 bridgehead atoms. The molecule has 1 aliphatic rings. The monoisotopic (exact) mass is 272 g/mol. The maximum absolute atomic E-state index is 10.9. The van der Waals surface area contributed by atoms with Crippen LogP contribution < -0.4 is 0 Å². The minimum atomic E-state index is -0.787. The fourth-order valence-corrected chi connectivity index (χ4v) is 2.06. The van der Waals surface area contributed by atoms with Gasteiger partial charge in [-0.2, -0.15) is 0 Å². The second-order valence-corrected chi connectivity index (χ2v) is 6.09. The van der Waals surface area contributed by atoms with E-state index >= 15 is 0 Å². The average Bonchev–Trinajstić information content (AvgIpc) is 3.08. The number of hydrogen-bond acceptors (Lipinski definition) is 3. The van der Waals surface area contributed by atoms with Gasteiger partial charge in [0.15, 0.2) is 0 Å². The van der Waals surface area contributed by atoms with Crippen LogP contribution in [-0.2, 0) is 14.3 Å². The van der Waals surface area contributed by atoms with Gasteiger partial charge in [0, 0.05) is 13.2 Å². The van der Waals surface area contributed by atoms with Crippen molar-refractivity contribution in [3.8, 4) is 0 Å². The van der Waals surface area contributed by atoms with Crippen molar-refractivity contribution in [2.24, 2.45) is 10.8 Å². The van der Waals surface area contributed by atoms with Gasteiger partial charge in [-0.3, -0.25) is 9.59 Å². The topological polar surface area (TPSA) is 83.8 Å². The number of rotatable bonds is 10. The smallest absolute Gasteiger partial charge is 0.309 e. The van der Waals surface area contributed by atoms with Crippen LogP contribution in [0.3, 0.4) is 0 Å². The molecule has 19 heavy (non-hydrogen) atoms. The Hall–Kier alpha value is -1.10. The van der Waals surface area contributed by atoms with E-state index in [1.165, 1.54) is 0 Å². The molecule has 5 nitrogen and oxygen atoms in total. The summed E-state index contributed by atoms with van der Waals surface area (Å²) in [4.78, 5) is 21.8. The normalized spacial score (nSPS) is 17.2. The third-order valence-electron chi connectivity index (χ3n) is 3.92. The van der Waals surface area contributed by atoms with Crippen LogP contribution in [0.4, 0.5) is 0 Å². The molecule has 1 saturated carbocycles. The summed E-state index contributed by atoms with van der Waals surface area (Å²) in [5.41, 5.74) is -1.17. The molecule has 0 radical (unpaired) electrons. The Balaban J connectivity index is 2.01. The van der Waals surface area contributed by atoms with Crippen molar-refractivity contribution in [2.75, 3.05) is 13.2 Å². The van der Waals surface area contributed by atoms with Gasteiger partial charge in [-0.1, -0.05) is 0 Å². The molecular weight excluding hydrogens is 248 g/mol. The van der Waals surface area contributed by atoms with Crippen molar-refractivity contribution >= 4 is 11.9 Å². The summed E-state index contributed by atoms with van der Waals surface area (Å²) < 4.78 is 5.43. The molecule has 0 atom stereocenters. The maximum atomic E-state index is 10.9. The van der Waals surface area contributed by atoms with Gasteiger partial charge >= 0.3 is 11.9 Å². The zero-order valence-corrected chi connectivity index (χ0v) is 11.8. The summed E-state index contributed by atoms with van der Waals surface area (Å²) in [7, 11) is 0. The quantitative estimate of drug-likeness (QED) is 0.597.